The molecule has 1 aliphatic heterocycles. The van der Waals surface area contributed by atoms with Crippen LogP contribution in [0.5, 0.6) is 0 Å². The van der Waals surface area contributed by atoms with Gasteiger partial charge in [0.25, 0.3) is 0 Å². The van der Waals surface area contributed by atoms with Crippen LogP contribution in [0.4, 0.5) is 0 Å². The highest BCUT2D eigenvalue weighted by Crippen LogP contribution is 2.12. The average molecular weight is 226 g/mol. The third kappa shape index (κ3) is 6.72. The van der Waals surface area contributed by atoms with Crippen molar-refractivity contribution in [2.45, 2.75) is 51.6 Å². The van der Waals surface area contributed by atoms with E-state index in [1.807, 2.05) is 0 Å². The Bertz CT molecular complexity index is 228. The molecule has 0 aliphatic carbocycles. The van der Waals surface area contributed by atoms with E-state index in [4.69, 9.17) is 9.47 Å². The van der Waals surface area contributed by atoms with E-state index < -0.39 is 8.07 Å². The summed E-state index contributed by atoms with van der Waals surface area (Å²) in [4.78, 5) is 0. The summed E-state index contributed by atoms with van der Waals surface area (Å²) in [7, 11) is -1.15. The van der Waals surface area contributed by atoms with Crippen LogP contribution in [0.25, 0.3) is 0 Å². The molecule has 1 heterocycles. The van der Waals surface area contributed by atoms with E-state index in [1.54, 1.807) is 0 Å². The van der Waals surface area contributed by atoms with Crippen LogP contribution in [0.2, 0.25) is 19.6 Å². The Kier molecular flexibility index (Phi) is 5.38. The summed E-state index contributed by atoms with van der Waals surface area (Å²) in [6.45, 7) is 8.36. The zero-order valence-corrected chi connectivity index (χ0v) is 11.1. The first kappa shape index (κ1) is 12.8. The monoisotopic (exact) mass is 226 g/mol. The number of hydrogen-bond donors (Lipinski definition) is 0. The minimum absolute atomic E-state index is 0.0648. The van der Waals surface area contributed by atoms with Gasteiger partial charge in [0.1, 0.15) is 8.07 Å². The minimum Gasteiger partial charge on any atom is -0.350 e. The van der Waals surface area contributed by atoms with E-state index in [9.17, 15) is 0 Å². The van der Waals surface area contributed by atoms with Crippen molar-refractivity contribution in [2.24, 2.45) is 0 Å². The first-order valence-corrected chi connectivity index (χ1v) is 9.31. The zero-order valence-electron chi connectivity index (χ0n) is 10.1. The highest BCUT2D eigenvalue weighted by Gasteiger charge is 2.14. The van der Waals surface area contributed by atoms with Crippen LogP contribution in [-0.4, -0.2) is 27.6 Å². The van der Waals surface area contributed by atoms with Crippen molar-refractivity contribution < 1.29 is 9.47 Å². The lowest BCUT2D eigenvalue weighted by molar-refractivity contribution is -0.0478. The Labute approximate surface area is 94.4 Å². The van der Waals surface area contributed by atoms with Gasteiger partial charge >= 0.3 is 0 Å². The van der Waals surface area contributed by atoms with Gasteiger partial charge in [-0.05, 0) is 19.3 Å². The van der Waals surface area contributed by atoms with Crippen molar-refractivity contribution in [3.05, 3.63) is 0 Å². The molecule has 0 saturated carbocycles. The maximum absolute atomic E-state index is 5.36. The van der Waals surface area contributed by atoms with Crippen molar-refractivity contribution >= 4 is 8.07 Å². The van der Waals surface area contributed by atoms with Gasteiger partial charge in [-0.25, -0.2) is 0 Å². The Hall–Kier alpha value is -0.303. The van der Waals surface area contributed by atoms with Crippen LogP contribution >= 0.6 is 0 Å². The van der Waals surface area contributed by atoms with E-state index in [1.165, 1.54) is 6.42 Å². The Morgan fingerprint density at radius 1 is 1.13 bits per heavy atom. The smallest absolute Gasteiger partial charge is 0.157 e. The SMILES string of the molecule is C[Si](C)(C)C#CCCCCC1OCCO1. The summed E-state index contributed by atoms with van der Waals surface area (Å²) >= 11 is 0. The van der Waals surface area contributed by atoms with Gasteiger partial charge in [0.2, 0.25) is 0 Å². The Balaban J connectivity index is 1.98. The molecule has 0 aromatic carbocycles. The van der Waals surface area contributed by atoms with Crippen LogP contribution in [0.15, 0.2) is 0 Å². The van der Waals surface area contributed by atoms with Crippen LogP contribution in [0, 0.1) is 11.5 Å². The lowest BCUT2D eigenvalue weighted by Gasteiger charge is -2.07. The largest absolute Gasteiger partial charge is 0.350 e. The van der Waals surface area contributed by atoms with Gasteiger partial charge in [0, 0.05) is 6.42 Å². The van der Waals surface area contributed by atoms with E-state index in [2.05, 4.69) is 31.1 Å². The quantitative estimate of drug-likeness (QED) is 0.417. The standard InChI is InChI=1S/C12H22O2Si/c1-15(2,3)11-7-5-4-6-8-12-13-9-10-14-12/h12H,4-6,8-10H2,1-3H3. The lowest BCUT2D eigenvalue weighted by atomic mass is 10.2. The fraction of sp³-hybridized carbons (Fsp3) is 0.833. The van der Waals surface area contributed by atoms with Crippen LogP contribution < -0.4 is 0 Å². The third-order valence-corrected chi connectivity index (χ3v) is 3.07. The van der Waals surface area contributed by atoms with Crippen molar-refractivity contribution in [1.29, 1.82) is 0 Å². The first-order chi connectivity index (χ1) is 7.08. The van der Waals surface area contributed by atoms with E-state index in [-0.39, 0.29) is 6.29 Å². The second-order valence-corrected chi connectivity index (χ2v) is 9.72. The highest BCUT2D eigenvalue weighted by atomic mass is 28.3. The molecule has 0 radical (unpaired) electrons. The molecule has 1 rings (SSSR count). The van der Waals surface area contributed by atoms with Crippen molar-refractivity contribution in [1.82, 2.24) is 0 Å². The Morgan fingerprint density at radius 2 is 1.80 bits per heavy atom. The van der Waals surface area contributed by atoms with Gasteiger partial charge in [-0.3, -0.25) is 0 Å². The molecule has 86 valence electrons. The predicted octanol–water partition coefficient (Wildman–Crippen LogP) is 2.80. The van der Waals surface area contributed by atoms with Crippen LogP contribution in [-0.2, 0) is 9.47 Å². The predicted molar refractivity (Wildman–Crippen MR) is 65.3 cm³/mol. The van der Waals surface area contributed by atoms with Gasteiger partial charge in [0.05, 0.1) is 13.2 Å². The molecule has 0 amide bonds. The summed E-state index contributed by atoms with van der Waals surface area (Å²) in [6, 6.07) is 0. The molecule has 1 saturated heterocycles. The topological polar surface area (TPSA) is 18.5 Å². The fourth-order valence-electron chi connectivity index (χ4n) is 1.43. The number of rotatable bonds is 4. The molecule has 0 spiro atoms. The average Bonchev–Trinajstić information content (AvgIpc) is 2.61. The normalized spacial score (nSPS) is 17.5. The number of hydrogen-bond acceptors (Lipinski definition) is 2. The van der Waals surface area contributed by atoms with E-state index in [0.29, 0.717) is 0 Å². The summed E-state index contributed by atoms with van der Waals surface area (Å²) in [5, 5.41) is 0. The molecular formula is C12H22O2Si. The maximum atomic E-state index is 5.36. The summed E-state index contributed by atoms with van der Waals surface area (Å²) in [5.74, 6) is 3.28. The minimum atomic E-state index is -1.15. The molecule has 0 N–H and O–H groups in total. The third-order valence-electron chi connectivity index (χ3n) is 2.15. The first-order valence-electron chi connectivity index (χ1n) is 5.81. The van der Waals surface area contributed by atoms with E-state index in [0.717, 1.165) is 32.5 Å². The van der Waals surface area contributed by atoms with Gasteiger partial charge < -0.3 is 9.47 Å². The molecule has 1 aliphatic rings. The van der Waals surface area contributed by atoms with Gasteiger partial charge in [-0.1, -0.05) is 19.6 Å². The van der Waals surface area contributed by atoms with Gasteiger partial charge in [0.15, 0.2) is 6.29 Å². The van der Waals surface area contributed by atoms with Crippen molar-refractivity contribution in [3.63, 3.8) is 0 Å². The molecule has 0 unspecified atom stereocenters. The lowest BCUT2D eigenvalue weighted by Crippen LogP contribution is -2.16. The fourth-order valence-corrected chi connectivity index (χ4v) is 2.08. The molecular weight excluding hydrogens is 204 g/mol. The van der Waals surface area contributed by atoms with Crippen LogP contribution in [0.3, 0.4) is 0 Å². The van der Waals surface area contributed by atoms with E-state index >= 15 is 0 Å². The van der Waals surface area contributed by atoms with Crippen molar-refractivity contribution in [3.8, 4) is 11.5 Å². The van der Waals surface area contributed by atoms with Crippen molar-refractivity contribution in [2.75, 3.05) is 13.2 Å². The summed E-state index contributed by atoms with van der Waals surface area (Å²) < 4.78 is 10.7. The molecule has 3 heteroatoms. The molecule has 0 aromatic heterocycles. The molecule has 0 atom stereocenters. The van der Waals surface area contributed by atoms with Gasteiger partial charge in [-0.15, -0.1) is 11.5 Å². The maximum Gasteiger partial charge on any atom is 0.157 e. The second kappa shape index (κ2) is 6.32. The molecule has 0 aromatic rings. The molecule has 1 fully saturated rings. The number of unbranched alkanes of at least 4 members (excludes halogenated alkanes) is 2. The summed E-state index contributed by atoms with van der Waals surface area (Å²) in [6.07, 6.45) is 4.44. The molecule has 15 heavy (non-hydrogen) atoms. The van der Waals surface area contributed by atoms with Gasteiger partial charge in [-0.2, -0.15) is 0 Å². The highest BCUT2D eigenvalue weighted by molar-refractivity contribution is 6.83. The summed E-state index contributed by atoms with van der Waals surface area (Å²) in [5.41, 5.74) is 3.38. The molecule has 0 bridgehead atoms. The van der Waals surface area contributed by atoms with Crippen LogP contribution in [0.1, 0.15) is 25.7 Å². The zero-order chi connectivity index (χ0) is 11.1. The number of ether oxygens (including phenoxy) is 2. The molecule has 2 nitrogen and oxygen atoms in total. The second-order valence-electron chi connectivity index (χ2n) is 4.97. The Morgan fingerprint density at radius 3 is 2.40 bits per heavy atom.